The van der Waals surface area contributed by atoms with Crippen LogP contribution in [0.3, 0.4) is 0 Å². The molecular formula is C16H17BrN2O2. The van der Waals surface area contributed by atoms with Crippen LogP contribution in [0.1, 0.15) is 24.3 Å². The molecule has 1 amide bonds. The molecule has 0 saturated heterocycles. The maximum atomic E-state index is 12.3. The van der Waals surface area contributed by atoms with Crippen LogP contribution in [-0.2, 0) is 0 Å². The van der Waals surface area contributed by atoms with E-state index in [4.69, 9.17) is 4.74 Å². The number of nitrogens with zero attached hydrogens (tertiary/aromatic N) is 1. The minimum absolute atomic E-state index is 0.275. The zero-order valence-electron chi connectivity index (χ0n) is 12.0. The van der Waals surface area contributed by atoms with E-state index < -0.39 is 0 Å². The molecular weight excluding hydrogens is 332 g/mol. The summed E-state index contributed by atoms with van der Waals surface area (Å²) in [6.07, 6.45) is 1.58. The number of amides is 1. The molecule has 0 aliphatic carbocycles. The molecule has 2 rings (SSSR count). The lowest BCUT2D eigenvalue weighted by molar-refractivity contribution is 0.102. The van der Waals surface area contributed by atoms with E-state index in [1.165, 1.54) is 0 Å². The van der Waals surface area contributed by atoms with Crippen molar-refractivity contribution in [2.75, 3.05) is 11.9 Å². The molecule has 4 nitrogen and oxygen atoms in total. The van der Waals surface area contributed by atoms with Gasteiger partial charge in [-0.25, -0.2) is 4.98 Å². The maximum absolute atomic E-state index is 12.3. The van der Waals surface area contributed by atoms with Crippen molar-refractivity contribution in [2.24, 2.45) is 5.92 Å². The predicted octanol–water partition coefficient (Wildman–Crippen LogP) is 4.13. The number of pyridine rings is 1. The standard InChI is InChI=1S/C16H17BrN2O2/c1-11(2)10-21-14-8-4-3-7-13(14)19-16(20)15-12(17)6-5-9-18-15/h3-9,11H,10H2,1-2H3,(H,19,20). The van der Waals surface area contributed by atoms with Crippen LogP contribution in [0.25, 0.3) is 0 Å². The Balaban J connectivity index is 2.16. The van der Waals surface area contributed by atoms with Gasteiger partial charge in [0, 0.05) is 10.7 Å². The molecule has 0 aliphatic rings. The molecule has 0 radical (unpaired) electrons. The Kier molecular flexibility index (Phi) is 5.33. The molecule has 21 heavy (non-hydrogen) atoms. The quantitative estimate of drug-likeness (QED) is 0.883. The largest absolute Gasteiger partial charge is 0.491 e. The molecule has 5 heteroatoms. The Morgan fingerprint density at radius 3 is 2.76 bits per heavy atom. The van der Waals surface area contributed by atoms with E-state index in [0.717, 1.165) is 0 Å². The first-order valence-corrected chi connectivity index (χ1v) is 7.51. The zero-order chi connectivity index (χ0) is 15.2. The summed E-state index contributed by atoms with van der Waals surface area (Å²) < 4.78 is 6.37. The van der Waals surface area contributed by atoms with Gasteiger partial charge in [0.05, 0.1) is 12.3 Å². The number of benzene rings is 1. The summed E-state index contributed by atoms with van der Waals surface area (Å²) in [5.41, 5.74) is 0.983. The molecule has 0 atom stereocenters. The third-order valence-electron chi connectivity index (χ3n) is 2.68. The number of hydrogen-bond donors (Lipinski definition) is 1. The van der Waals surface area contributed by atoms with Crippen LogP contribution in [0.5, 0.6) is 5.75 Å². The van der Waals surface area contributed by atoms with E-state index in [1.54, 1.807) is 18.3 Å². The number of halogens is 1. The highest BCUT2D eigenvalue weighted by Gasteiger charge is 2.13. The number of anilines is 1. The second-order valence-corrected chi connectivity index (χ2v) is 5.84. The summed E-state index contributed by atoms with van der Waals surface area (Å²) in [5, 5.41) is 2.83. The van der Waals surface area contributed by atoms with Gasteiger partial charge in [-0.05, 0) is 46.1 Å². The Morgan fingerprint density at radius 1 is 1.29 bits per heavy atom. The summed E-state index contributed by atoms with van der Waals surface area (Å²) >= 11 is 3.32. The smallest absolute Gasteiger partial charge is 0.275 e. The topological polar surface area (TPSA) is 51.2 Å². The molecule has 0 saturated carbocycles. The monoisotopic (exact) mass is 348 g/mol. The van der Waals surface area contributed by atoms with Gasteiger partial charge in [-0.15, -0.1) is 0 Å². The fourth-order valence-corrected chi connectivity index (χ4v) is 2.12. The lowest BCUT2D eigenvalue weighted by Gasteiger charge is -2.13. The SMILES string of the molecule is CC(C)COc1ccccc1NC(=O)c1ncccc1Br. The van der Waals surface area contributed by atoms with Gasteiger partial charge in [-0.3, -0.25) is 4.79 Å². The number of carbonyl (C=O) groups is 1. The molecule has 0 spiro atoms. The first-order chi connectivity index (χ1) is 10.1. The highest BCUT2D eigenvalue weighted by Crippen LogP contribution is 2.25. The Morgan fingerprint density at radius 2 is 2.05 bits per heavy atom. The van der Waals surface area contributed by atoms with Gasteiger partial charge in [-0.2, -0.15) is 0 Å². The van der Waals surface area contributed by atoms with Gasteiger partial charge in [-0.1, -0.05) is 26.0 Å². The first-order valence-electron chi connectivity index (χ1n) is 6.71. The zero-order valence-corrected chi connectivity index (χ0v) is 13.6. The number of ether oxygens (including phenoxy) is 1. The number of rotatable bonds is 5. The summed E-state index contributed by atoms with van der Waals surface area (Å²) in [7, 11) is 0. The van der Waals surface area contributed by atoms with Gasteiger partial charge in [0.15, 0.2) is 0 Å². The van der Waals surface area contributed by atoms with Gasteiger partial charge < -0.3 is 10.1 Å². The number of carbonyl (C=O) groups excluding carboxylic acids is 1. The van der Waals surface area contributed by atoms with Crippen molar-refractivity contribution in [2.45, 2.75) is 13.8 Å². The lowest BCUT2D eigenvalue weighted by atomic mass is 10.2. The normalized spacial score (nSPS) is 10.5. The van der Waals surface area contributed by atoms with E-state index in [0.29, 0.717) is 34.1 Å². The number of hydrogen-bond acceptors (Lipinski definition) is 3. The van der Waals surface area contributed by atoms with E-state index in [1.807, 2.05) is 24.3 Å². The minimum atomic E-state index is -0.275. The highest BCUT2D eigenvalue weighted by molar-refractivity contribution is 9.10. The Labute approximate surface area is 132 Å². The van der Waals surface area contributed by atoms with Crippen molar-refractivity contribution in [3.05, 3.63) is 52.8 Å². The van der Waals surface area contributed by atoms with Crippen LogP contribution in [0, 0.1) is 5.92 Å². The van der Waals surface area contributed by atoms with Crippen molar-refractivity contribution in [1.82, 2.24) is 4.98 Å². The van der Waals surface area contributed by atoms with Gasteiger partial charge in [0.2, 0.25) is 0 Å². The first kappa shape index (κ1) is 15.5. The van der Waals surface area contributed by atoms with E-state index >= 15 is 0 Å². The molecule has 110 valence electrons. The van der Waals surface area contributed by atoms with Crippen LogP contribution in [0.2, 0.25) is 0 Å². The average Bonchev–Trinajstić information content (AvgIpc) is 2.46. The molecule has 1 aromatic carbocycles. The van der Waals surface area contributed by atoms with Crippen molar-refractivity contribution in [3.8, 4) is 5.75 Å². The fraction of sp³-hybridized carbons (Fsp3) is 0.250. The van der Waals surface area contributed by atoms with Crippen LogP contribution >= 0.6 is 15.9 Å². The van der Waals surface area contributed by atoms with Crippen LogP contribution in [0.4, 0.5) is 5.69 Å². The van der Waals surface area contributed by atoms with Gasteiger partial charge in [0.1, 0.15) is 11.4 Å². The van der Waals surface area contributed by atoms with Crippen LogP contribution < -0.4 is 10.1 Å². The molecule has 0 fully saturated rings. The molecule has 1 aromatic heterocycles. The van der Waals surface area contributed by atoms with Crippen molar-refractivity contribution in [3.63, 3.8) is 0 Å². The molecule has 0 unspecified atom stereocenters. The molecule has 1 heterocycles. The second kappa shape index (κ2) is 7.22. The second-order valence-electron chi connectivity index (χ2n) is 4.99. The van der Waals surface area contributed by atoms with Crippen LogP contribution in [0.15, 0.2) is 47.1 Å². The summed E-state index contributed by atoms with van der Waals surface area (Å²) in [4.78, 5) is 16.3. The average molecular weight is 349 g/mol. The summed E-state index contributed by atoms with van der Waals surface area (Å²) in [6, 6.07) is 10.9. The van der Waals surface area contributed by atoms with Crippen molar-refractivity contribution >= 4 is 27.5 Å². The van der Waals surface area contributed by atoms with Crippen LogP contribution in [-0.4, -0.2) is 17.5 Å². The third-order valence-corrected chi connectivity index (χ3v) is 3.32. The molecule has 1 N–H and O–H groups in total. The van der Waals surface area contributed by atoms with Crippen molar-refractivity contribution in [1.29, 1.82) is 0 Å². The maximum Gasteiger partial charge on any atom is 0.275 e. The minimum Gasteiger partial charge on any atom is -0.491 e. The summed E-state index contributed by atoms with van der Waals surface area (Å²) in [6.45, 7) is 4.75. The highest BCUT2D eigenvalue weighted by atomic mass is 79.9. The number of aromatic nitrogens is 1. The molecule has 0 bridgehead atoms. The van der Waals surface area contributed by atoms with E-state index in [2.05, 4.69) is 40.1 Å². The number of para-hydroxylation sites is 2. The van der Waals surface area contributed by atoms with E-state index in [-0.39, 0.29) is 5.91 Å². The molecule has 2 aromatic rings. The third kappa shape index (κ3) is 4.29. The Bertz CT molecular complexity index is 629. The fourth-order valence-electron chi connectivity index (χ4n) is 1.69. The summed E-state index contributed by atoms with van der Waals surface area (Å²) in [5.74, 6) is 0.799. The molecule has 0 aliphatic heterocycles. The Hall–Kier alpha value is -1.88. The van der Waals surface area contributed by atoms with Crippen molar-refractivity contribution < 1.29 is 9.53 Å². The van der Waals surface area contributed by atoms with Gasteiger partial charge >= 0.3 is 0 Å². The van der Waals surface area contributed by atoms with E-state index in [9.17, 15) is 4.79 Å². The van der Waals surface area contributed by atoms with Gasteiger partial charge in [0.25, 0.3) is 5.91 Å². The predicted molar refractivity (Wildman–Crippen MR) is 86.7 cm³/mol. The number of nitrogens with one attached hydrogen (secondary N) is 1. The lowest BCUT2D eigenvalue weighted by Crippen LogP contribution is -2.15.